The topological polar surface area (TPSA) is 80.5 Å². The van der Waals surface area contributed by atoms with Crippen LogP contribution in [0.4, 0.5) is 14.5 Å². The molecule has 2 aromatic heterocycles. The number of nitrogens with zero attached hydrogens (tertiary/aromatic N) is 2. The number of imidazole rings is 1. The number of halogens is 2. The summed E-state index contributed by atoms with van der Waals surface area (Å²) in [6.07, 6.45) is 3.79. The number of nitrogens with one attached hydrogen (secondary N) is 1. The standard InChI is InChI=1S/C22H17F2N3O3S/c1-14-5-4-12-27-13-18(26-20(14)27)15-8-10-16(11-9-15)25-21(28)17-6-2-3-7-19(17)31(29,30)22(23)24/h2-13,22H,1H3,(H,25,28). The lowest BCUT2D eigenvalue weighted by Crippen LogP contribution is -2.19. The Morgan fingerprint density at radius 1 is 1.03 bits per heavy atom. The zero-order valence-electron chi connectivity index (χ0n) is 16.3. The third-order valence-electron chi connectivity index (χ3n) is 4.79. The predicted octanol–water partition coefficient (Wildman–Crippen LogP) is 4.56. The van der Waals surface area contributed by atoms with Gasteiger partial charge in [-0.2, -0.15) is 8.78 Å². The van der Waals surface area contributed by atoms with Gasteiger partial charge in [0.15, 0.2) is 0 Å². The fourth-order valence-corrected chi connectivity index (χ4v) is 4.14. The molecule has 0 radical (unpaired) electrons. The molecule has 0 fully saturated rings. The van der Waals surface area contributed by atoms with Crippen molar-refractivity contribution >= 4 is 27.1 Å². The zero-order chi connectivity index (χ0) is 22.2. The lowest BCUT2D eigenvalue weighted by Gasteiger charge is -2.10. The summed E-state index contributed by atoms with van der Waals surface area (Å²) >= 11 is 0. The van der Waals surface area contributed by atoms with Crippen LogP contribution in [-0.2, 0) is 9.84 Å². The first-order chi connectivity index (χ1) is 14.8. The molecule has 4 aromatic rings. The van der Waals surface area contributed by atoms with Crippen LogP contribution in [0.3, 0.4) is 0 Å². The van der Waals surface area contributed by atoms with Gasteiger partial charge in [0.2, 0.25) is 9.84 Å². The monoisotopic (exact) mass is 441 g/mol. The minimum Gasteiger partial charge on any atom is -0.322 e. The molecule has 31 heavy (non-hydrogen) atoms. The first-order valence-corrected chi connectivity index (χ1v) is 10.8. The van der Waals surface area contributed by atoms with Gasteiger partial charge >= 0.3 is 5.76 Å². The van der Waals surface area contributed by atoms with Crippen LogP contribution in [0, 0.1) is 6.92 Å². The molecule has 0 unspecified atom stereocenters. The molecule has 0 aliphatic carbocycles. The quantitative estimate of drug-likeness (QED) is 0.492. The third-order valence-corrected chi connectivity index (χ3v) is 6.23. The van der Waals surface area contributed by atoms with E-state index in [-0.39, 0.29) is 5.56 Å². The van der Waals surface area contributed by atoms with Gasteiger partial charge in [0, 0.05) is 23.6 Å². The molecular weight excluding hydrogens is 424 g/mol. The molecule has 4 rings (SSSR count). The maximum atomic E-state index is 12.9. The Bertz CT molecular complexity index is 1380. The van der Waals surface area contributed by atoms with Gasteiger partial charge in [0.05, 0.1) is 16.2 Å². The number of hydrogen-bond acceptors (Lipinski definition) is 4. The maximum absolute atomic E-state index is 12.9. The van der Waals surface area contributed by atoms with E-state index in [1.165, 1.54) is 18.2 Å². The molecule has 2 heterocycles. The minimum absolute atomic E-state index is 0.345. The van der Waals surface area contributed by atoms with E-state index in [0.29, 0.717) is 5.69 Å². The van der Waals surface area contributed by atoms with E-state index in [9.17, 15) is 22.0 Å². The lowest BCUT2D eigenvalue weighted by atomic mass is 10.1. The second-order valence-electron chi connectivity index (χ2n) is 6.88. The summed E-state index contributed by atoms with van der Waals surface area (Å²) in [6, 6.07) is 15.6. The number of pyridine rings is 1. The number of rotatable bonds is 5. The smallest absolute Gasteiger partial charge is 0.322 e. The van der Waals surface area contributed by atoms with Gasteiger partial charge in [-0.1, -0.05) is 30.3 Å². The van der Waals surface area contributed by atoms with Crippen molar-refractivity contribution < 1.29 is 22.0 Å². The van der Waals surface area contributed by atoms with E-state index in [1.54, 1.807) is 24.3 Å². The van der Waals surface area contributed by atoms with Crippen LogP contribution in [0.1, 0.15) is 15.9 Å². The number of amides is 1. The number of alkyl halides is 2. The summed E-state index contributed by atoms with van der Waals surface area (Å²) in [7, 11) is -4.91. The number of hydrogen-bond donors (Lipinski definition) is 1. The van der Waals surface area contributed by atoms with Gasteiger partial charge in [-0.05, 0) is 42.8 Å². The molecular formula is C22H17F2N3O3S. The van der Waals surface area contributed by atoms with Crippen molar-refractivity contribution in [3.63, 3.8) is 0 Å². The number of anilines is 1. The summed E-state index contributed by atoms with van der Waals surface area (Å²) in [5.41, 5.74) is 3.49. The minimum atomic E-state index is -4.91. The Morgan fingerprint density at radius 2 is 1.74 bits per heavy atom. The predicted molar refractivity (Wildman–Crippen MR) is 113 cm³/mol. The zero-order valence-corrected chi connectivity index (χ0v) is 17.1. The molecule has 0 aliphatic rings. The summed E-state index contributed by atoms with van der Waals surface area (Å²) in [4.78, 5) is 16.5. The van der Waals surface area contributed by atoms with Crippen LogP contribution in [-0.4, -0.2) is 29.5 Å². The maximum Gasteiger partial charge on any atom is 0.341 e. The first kappa shape index (κ1) is 20.7. The Balaban J connectivity index is 1.59. The SMILES string of the molecule is Cc1cccn2cc(-c3ccc(NC(=O)c4ccccc4S(=O)(=O)C(F)F)cc3)nc12. The largest absolute Gasteiger partial charge is 0.341 e. The number of fused-ring (bicyclic) bond motifs is 1. The molecule has 1 N–H and O–H groups in total. The first-order valence-electron chi connectivity index (χ1n) is 9.24. The van der Waals surface area contributed by atoms with E-state index in [0.717, 1.165) is 28.5 Å². The van der Waals surface area contributed by atoms with Gasteiger partial charge in [-0.15, -0.1) is 0 Å². The molecule has 0 bridgehead atoms. The average molecular weight is 441 g/mol. The summed E-state index contributed by atoms with van der Waals surface area (Å²) < 4.78 is 51.6. The average Bonchev–Trinajstić information content (AvgIpc) is 3.20. The highest BCUT2D eigenvalue weighted by atomic mass is 32.2. The highest BCUT2D eigenvalue weighted by molar-refractivity contribution is 7.91. The highest BCUT2D eigenvalue weighted by Gasteiger charge is 2.30. The van der Waals surface area contributed by atoms with Gasteiger partial charge in [-0.3, -0.25) is 4.79 Å². The van der Waals surface area contributed by atoms with Gasteiger partial charge in [0.1, 0.15) is 5.65 Å². The van der Waals surface area contributed by atoms with E-state index in [2.05, 4.69) is 10.3 Å². The van der Waals surface area contributed by atoms with Crippen LogP contribution in [0.15, 0.2) is 78.0 Å². The van der Waals surface area contributed by atoms with Crippen molar-refractivity contribution in [3.8, 4) is 11.3 Å². The van der Waals surface area contributed by atoms with Crippen molar-refractivity contribution in [1.82, 2.24) is 9.38 Å². The molecule has 0 aliphatic heterocycles. The molecule has 9 heteroatoms. The molecule has 0 spiro atoms. The molecule has 0 saturated heterocycles. The number of aromatic nitrogens is 2. The van der Waals surface area contributed by atoms with Crippen molar-refractivity contribution in [2.24, 2.45) is 0 Å². The van der Waals surface area contributed by atoms with Crippen LogP contribution >= 0.6 is 0 Å². The van der Waals surface area contributed by atoms with E-state index in [4.69, 9.17) is 0 Å². The summed E-state index contributed by atoms with van der Waals surface area (Å²) in [5, 5.41) is 2.55. The van der Waals surface area contributed by atoms with Crippen molar-refractivity contribution in [3.05, 3.63) is 84.2 Å². The molecule has 6 nitrogen and oxygen atoms in total. The summed E-state index contributed by atoms with van der Waals surface area (Å²) in [6.45, 7) is 1.97. The molecule has 2 aromatic carbocycles. The lowest BCUT2D eigenvalue weighted by molar-refractivity contribution is 0.102. The Morgan fingerprint density at radius 3 is 2.42 bits per heavy atom. The third kappa shape index (κ3) is 3.91. The van der Waals surface area contributed by atoms with E-state index in [1.807, 2.05) is 35.9 Å². The van der Waals surface area contributed by atoms with Crippen molar-refractivity contribution in [2.75, 3.05) is 5.32 Å². The van der Waals surface area contributed by atoms with Gasteiger partial charge in [-0.25, -0.2) is 13.4 Å². The highest BCUT2D eigenvalue weighted by Crippen LogP contribution is 2.25. The number of aryl methyl sites for hydroxylation is 1. The second-order valence-corrected chi connectivity index (χ2v) is 8.77. The number of carbonyl (C=O) groups is 1. The van der Waals surface area contributed by atoms with E-state index >= 15 is 0 Å². The van der Waals surface area contributed by atoms with Crippen molar-refractivity contribution in [1.29, 1.82) is 0 Å². The summed E-state index contributed by atoms with van der Waals surface area (Å²) in [5.74, 6) is -4.41. The van der Waals surface area contributed by atoms with Crippen LogP contribution in [0.2, 0.25) is 0 Å². The molecule has 0 saturated carbocycles. The Labute approximate surface area is 177 Å². The second kappa shape index (κ2) is 7.92. The van der Waals surface area contributed by atoms with Crippen LogP contribution in [0.25, 0.3) is 16.9 Å². The number of benzene rings is 2. The Hall–Kier alpha value is -3.59. The normalized spacial score (nSPS) is 11.7. The van der Waals surface area contributed by atoms with Gasteiger partial charge in [0.25, 0.3) is 5.91 Å². The Kier molecular flexibility index (Phi) is 5.28. The van der Waals surface area contributed by atoms with Crippen molar-refractivity contribution in [2.45, 2.75) is 17.6 Å². The molecule has 1 amide bonds. The van der Waals surface area contributed by atoms with Crippen LogP contribution < -0.4 is 5.32 Å². The fourth-order valence-electron chi connectivity index (χ4n) is 3.21. The van der Waals surface area contributed by atoms with Gasteiger partial charge < -0.3 is 9.72 Å². The fraction of sp³-hybridized carbons (Fsp3) is 0.0909. The number of sulfone groups is 1. The molecule has 0 atom stereocenters. The van der Waals surface area contributed by atoms with Crippen LogP contribution in [0.5, 0.6) is 0 Å². The number of carbonyl (C=O) groups excluding carboxylic acids is 1. The van der Waals surface area contributed by atoms with E-state index < -0.39 is 26.4 Å². The molecule has 158 valence electrons.